The monoisotopic (exact) mass is 347 g/mol. The Bertz CT molecular complexity index is 627. The molecule has 1 aliphatic rings. The van der Waals surface area contributed by atoms with Gasteiger partial charge < -0.3 is 15.2 Å². The Morgan fingerprint density at radius 1 is 1.24 bits per heavy atom. The second-order valence-corrected chi connectivity index (χ2v) is 6.14. The Balaban J connectivity index is 1.94. The Morgan fingerprint density at radius 3 is 2.71 bits per heavy atom. The first-order chi connectivity index (χ1) is 10.2. The minimum atomic E-state index is -0.00329. The SMILES string of the molecule is CCNC1CC(c2ccc(O)cc2)Oc2cc(Br)ccc21. The third-order valence-corrected chi connectivity index (χ3v) is 4.28. The van der Waals surface area contributed by atoms with Gasteiger partial charge in [0.25, 0.3) is 0 Å². The number of phenolic OH excluding ortho intramolecular Hbond substituents is 1. The molecule has 0 saturated heterocycles. The molecule has 2 aromatic carbocycles. The molecule has 0 fully saturated rings. The van der Waals surface area contributed by atoms with Crippen LogP contribution in [0, 0.1) is 0 Å². The van der Waals surface area contributed by atoms with E-state index in [0.717, 1.165) is 28.8 Å². The maximum Gasteiger partial charge on any atom is 0.126 e. The average molecular weight is 348 g/mol. The van der Waals surface area contributed by atoms with E-state index in [1.807, 2.05) is 24.3 Å². The van der Waals surface area contributed by atoms with Gasteiger partial charge in [-0.2, -0.15) is 0 Å². The molecule has 2 aromatic rings. The van der Waals surface area contributed by atoms with Gasteiger partial charge in [0.1, 0.15) is 17.6 Å². The third-order valence-electron chi connectivity index (χ3n) is 3.79. The van der Waals surface area contributed by atoms with Gasteiger partial charge in [-0.05, 0) is 36.4 Å². The predicted octanol–water partition coefficient (Wildman–Crippen LogP) is 4.33. The fourth-order valence-electron chi connectivity index (χ4n) is 2.77. The van der Waals surface area contributed by atoms with Crippen LogP contribution in [0.25, 0.3) is 0 Å². The standard InChI is InChI=1S/C17H18BrNO2/c1-2-19-15-10-16(11-3-6-13(20)7-4-11)21-17-9-12(18)5-8-14(15)17/h3-9,15-16,19-20H,2,10H2,1H3. The highest BCUT2D eigenvalue weighted by atomic mass is 79.9. The van der Waals surface area contributed by atoms with E-state index >= 15 is 0 Å². The number of phenols is 1. The van der Waals surface area contributed by atoms with Crippen molar-refractivity contribution in [3.8, 4) is 11.5 Å². The highest BCUT2D eigenvalue weighted by Crippen LogP contribution is 2.42. The number of hydrogen-bond donors (Lipinski definition) is 2. The predicted molar refractivity (Wildman–Crippen MR) is 86.7 cm³/mol. The summed E-state index contributed by atoms with van der Waals surface area (Å²) in [5.41, 5.74) is 2.29. The normalized spacial score (nSPS) is 20.7. The number of aromatic hydroxyl groups is 1. The van der Waals surface area contributed by atoms with Crippen molar-refractivity contribution in [2.45, 2.75) is 25.5 Å². The molecule has 0 aromatic heterocycles. The number of ether oxygens (including phenoxy) is 1. The highest BCUT2D eigenvalue weighted by molar-refractivity contribution is 9.10. The number of benzene rings is 2. The molecule has 21 heavy (non-hydrogen) atoms. The Hall–Kier alpha value is -1.52. The summed E-state index contributed by atoms with van der Waals surface area (Å²) in [4.78, 5) is 0. The molecule has 1 aliphatic heterocycles. The Labute approximate surface area is 133 Å². The highest BCUT2D eigenvalue weighted by Gasteiger charge is 2.28. The van der Waals surface area contributed by atoms with Crippen molar-refractivity contribution in [1.82, 2.24) is 5.32 Å². The van der Waals surface area contributed by atoms with E-state index in [0.29, 0.717) is 0 Å². The van der Waals surface area contributed by atoms with Crippen LogP contribution in [0.5, 0.6) is 11.5 Å². The molecule has 2 atom stereocenters. The molecule has 0 bridgehead atoms. The molecular formula is C17H18BrNO2. The lowest BCUT2D eigenvalue weighted by Crippen LogP contribution is -2.29. The van der Waals surface area contributed by atoms with Crippen molar-refractivity contribution in [3.63, 3.8) is 0 Å². The lowest BCUT2D eigenvalue weighted by atomic mass is 9.93. The van der Waals surface area contributed by atoms with E-state index in [9.17, 15) is 5.11 Å². The second kappa shape index (κ2) is 6.08. The maximum atomic E-state index is 9.43. The number of rotatable bonds is 3. The van der Waals surface area contributed by atoms with Crippen molar-refractivity contribution in [2.75, 3.05) is 6.54 Å². The van der Waals surface area contributed by atoms with Crippen LogP contribution in [0.15, 0.2) is 46.9 Å². The quantitative estimate of drug-likeness (QED) is 0.868. The summed E-state index contributed by atoms with van der Waals surface area (Å²) in [7, 11) is 0. The average Bonchev–Trinajstić information content (AvgIpc) is 2.47. The lowest BCUT2D eigenvalue weighted by Gasteiger charge is -2.33. The summed E-state index contributed by atoms with van der Waals surface area (Å²) >= 11 is 3.50. The van der Waals surface area contributed by atoms with Crippen molar-refractivity contribution in [2.24, 2.45) is 0 Å². The molecule has 0 spiro atoms. The summed E-state index contributed by atoms with van der Waals surface area (Å²) in [5.74, 6) is 1.19. The van der Waals surface area contributed by atoms with E-state index in [2.05, 4.69) is 34.2 Å². The molecule has 0 amide bonds. The van der Waals surface area contributed by atoms with Gasteiger partial charge in [0.05, 0.1) is 0 Å². The van der Waals surface area contributed by atoms with Gasteiger partial charge in [0.15, 0.2) is 0 Å². The van der Waals surface area contributed by atoms with Crippen LogP contribution in [-0.2, 0) is 0 Å². The van der Waals surface area contributed by atoms with Gasteiger partial charge in [-0.1, -0.05) is 41.1 Å². The number of halogens is 1. The molecule has 1 heterocycles. The Kier molecular flexibility index (Phi) is 4.17. The molecule has 110 valence electrons. The molecule has 2 unspecified atom stereocenters. The Morgan fingerprint density at radius 2 is 2.00 bits per heavy atom. The first-order valence-corrected chi connectivity index (χ1v) is 7.95. The van der Waals surface area contributed by atoms with E-state index in [-0.39, 0.29) is 17.9 Å². The molecule has 4 heteroatoms. The largest absolute Gasteiger partial charge is 0.508 e. The van der Waals surface area contributed by atoms with Crippen LogP contribution in [-0.4, -0.2) is 11.7 Å². The van der Waals surface area contributed by atoms with Crippen LogP contribution < -0.4 is 10.1 Å². The summed E-state index contributed by atoms with van der Waals surface area (Å²) in [5, 5.41) is 13.0. The van der Waals surface area contributed by atoms with Crippen LogP contribution in [0.1, 0.15) is 36.6 Å². The van der Waals surface area contributed by atoms with Crippen molar-refractivity contribution in [1.29, 1.82) is 0 Å². The van der Waals surface area contributed by atoms with E-state index in [1.54, 1.807) is 12.1 Å². The van der Waals surface area contributed by atoms with Gasteiger partial charge >= 0.3 is 0 Å². The minimum Gasteiger partial charge on any atom is -0.508 e. The fourth-order valence-corrected chi connectivity index (χ4v) is 3.11. The van der Waals surface area contributed by atoms with Crippen molar-refractivity contribution in [3.05, 3.63) is 58.1 Å². The number of nitrogens with one attached hydrogen (secondary N) is 1. The molecule has 3 nitrogen and oxygen atoms in total. The smallest absolute Gasteiger partial charge is 0.126 e. The van der Waals surface area contributed by atoms with Crippen LogP contribution in [0.3, 0.4) is 0 Å². The maximum absolute atomic E-state index is 9.43. The van der Waals surface area contributed by atoms with E-state index in [4.69, 9.17) is 4.74 Å². The number of hydrogen-bond acceptors (Lipinski definition) is 3. The van der Waals surface area contributed by atoms with E-state index in [1.165, 1.54) is 5.56 Å². The topological polar surface area (TPSA) is 41.5 Å². The van der Waals surface area contributed by atoms with Gasteiger partial charge in [0.2, 0.25) is 0 Å². The van der Waals surface area contributed by atoms with Crippen molar-refractivity contribution >= 4 is 15.9 Å². The van der Waals surface area contributed by atoms with Gasteiger partial charge in [0, 0.05) is 22.5 Å². The first-order valence-electron chi connectivity index (χ1n) is 7.15. The van der Waals surface area contributed by atoms with Gasteiger partial charge in [-0.3, -0.25) is 0 Å². The first kappa shape index (κ1) is 14.4. The second-order valence-electron chi connectivity index (χ2n) is 5.23. The summed E-state index contributed by atoms with van der Waals surface area (Å²) < 4.78 is 7.18. The zero-order chi connectivity index (χ0) is 14.8. The number of fused-ring (bicyclic) bond motifs is 1. The summed E-state index contributed by atoms with van der Waals surface area (Å²) in [6.45, 7) is 3.03. The minimum absolute atomic E-state index is 0.00329. The molecule has 3 rings (SSSR count). The zero-order valence-electron chi connectivity index (χ0n) is 11.8. The molecule has 0 aliphatic carbocycles. The van der Waals surface area contributed by atoms with E-state index < -0.39 is 0 Å². The zero-order valence-corrected chi connectivity index (χ0v) is 13.4. The van der Waals surface area contributed by atoms with Crippen LogP contribution in [0.4, 0.5) is 0 Å². The fraction of sp³-hybridized carbons (Fsp3) is 0.294. The van der Waals surface area contributed by atoms with Gasteiger partial charge in [-0.25, -0.2) is 0 Å². The third kappa shape index (κ3) is 3.06. The summed E-state index contributed by atoms with van der Waals surface area (Å²) in [6, 6.07) is 13.7. The molecule has 0 radical (unpaired) electrons. The molecule has 0 saturated carbocycles. The summed E-state index contributed by atoms with van der Waals surface area (Å²) in [6.07, 6.45) is 0.879. The lowest BCUT2D eigenvalue weighted by molar-refractivity contribution is 0.152. The van der Waals surface area contributed by atoms with Crippen molar-refractivity contribution < 1.29 is 9.84 Å². The molecular weight excluding hydrogens is 330 g/mol. The van der Waals surface area contributed by atoms with Crippen LogP contribution >= 0.6 is 15.9 Å². The van der Waals surface area contributed by atoms with Gasteiger partial charge in [-0.15, -0.1) is 0 Å². The molecule has 2 N–H and O–H groups in total. The van der Waals surface area contributed by atoms with Crippen LogP contribution in [0.2, 0.25) is 0 Å².